The van der Waals surface area contributed by atoms with Crippen LogP contribution in [0, 0.1) is 0 Å². The number of halogens is 1. The van der Waals surface area contributed by atoms with Crippen LogP contribution in [0.1, 0.15) is 38.7 Å². The van der Waals surface area contributed by atoms with Gasteiger partial charge in [0.2, 0.25) is 0 Å². The fraction of sp³-hybridized carbons (Fsp3) is 0.571. The molecule has 0 aliphatic heterocycles. The van der Waals surface area contributed by atoms with E-state index in [1.165, 1.54) is 0 Å². The molecule has 3 heteroatoms. The van der Waals surface area contributed by atoms with Crippen LogP contribution in [0.3, 0.4) is 0 Å². The number of aliphatic hydroxyl groups excluding tert-OH is 1. The van der Waals surface area contributed by atoms with Gasteiger partial charge in [-0.1, -0.05) is 34.1 Å². The van der Waals surface area contributed by atoms with Crippen LogP contribution in [0.15, 0.2) is 28.7 Å². The lowest BCUT2D eigenvalue weighted by molar-refractivity contribution is -0.00806. The summed E-state index contributed by atoms with van der Waals surface area (Å²) in [6, 6.07) is 8.02. The monoisotopic (exact) mass is 300 g/mol. The van der Waals surface area contributed by atoms with Crippen LogP contribution in [0.2, 0.25) is 0 Å². The van der Waals surface area contributed by atoms with E-state index >= 15 is 0 Å². The van der Waals surface area contributed by atoms with E-state index in [-0.39, 0.29) is 18.1 Å². The van der Waals surface area contributed by atoms with Crippen molar-refractivity contribution >= 4 is 15.9 Å². The minimum absolute atomic E-state index is 0.117. The second-order valence-electron chi connectivity index (χ2n) is 5.15. The predicted octanol–water partition coefficient (Wildman–Crippen LogP) is 3.73. The molecule has 2 nitrogen and oxygen atoms in total. The van der Waals surface area contributed by atoms with Crippen LogP contribution in [0.25, 0.3) is 0 Å². The molecular weight excluding hydrogens is 280 g/mol. The highest BCUT2D eigenvalue weighted by Crippen LogP contribution is 2.27. The summed E-state index contributed by atoms with van der Waals surface area (Å²) in [5, 5.41) is 9.46. The quantitative estimate of drug-likeness (QED) is 0.898. The normalized spacial score (nSPS) is 13.7. The van der Waals surface area contributed by atoms with Crippen LogP contribution < -0.4 is 0 Å². The van der Waals surface area contributed by atoms with Gasteiger partial charge in [-0.25, -0.2) is 0 Å². The van der Waals surface area contributed by atoms with Gasteiger partial charge in [0.05, 0.1) is 12.2 Å². The molecule has 0 fully saturated rings. The Hall–Kier alpha value is -0.380. The molecule has 1 atom stereocenters. The number of aliphatic hydroxyl groups is 1. The third-order valence-corrected chi connectivity index (χ3v) is 3.29. The second-order valence-corrected chi connectivity index (χ2v) is 6.00. The number of hydrogen-bond acceptors (Lipinski definition) is 2. The molecule has 1 unspecified atom stereocenters. The van der Waals surface area contributed by atoms with Crippen LogP contribution in [-0.4, -0.2) is 23.9 Å². The first kappa shape index (κ1) is 14.7. The molecule has 0 saturated heterocycles. The number of rotatable bonds is 5. The maximum atomic E-state index is 9.46. The van der Waals surface area contributed by atoms with Crippen molar-refractivity contribution in [2.45, 2.75) is 38.7 Å². The van der Waals surface area contributed by atoms with E-state index in [1.54, 1.807) is 0 Å². The molecule has 0 bridgehead atoms. The molecule has 0 spiro atoms. The molecule has 0 amide bonds. The van der Waals surface area contributed by atoms with Gasteiger partial charge in [-0.15, -0.1) is 0 Å². The SMILES string of the molecule is CC(C)(C)OCCC(CO)c1ccccc1Br. The van der Waals surface area contributed by atoms with E-state index in [1.807, 2.05) is 45.0 Å². The highest BCUT2D eigenvalue weighted by molar-refractivity contribution is 9.10. The summed E-state index contributed by atoms with van der Waals surface area (Å²) < 4.78 is 6.75. The minimum atomic E-state index is -0.117. The lowest BCUT2D eigenvalue weighted by Crippen LogP contribution is -2.21. The van der Waals surface area contributed by atoms with Gasteiger partial charge >= 0.3 is 0 Å². The Morgan fingerprint density at radius 3 is 2.47 bits per heavy atom. The molecule has 1 aromatic carbocycles. The third kappa shape index (κ3) is 5.19. The van der Waals surface area contributed by atoms with Gasteiger partial charge < -0.3 is 9.84 Å². The molecule has 0 saturated carbocycles. The van der Waals surface area contributed by atoms with Crippen molar-refractivity contribution in [2.24, 2.45) is 0 Å². The smallest absolute Gasteiger partial charge is 0.0598 e. The van der Waals surface area contributed by atoms with E-state index < -0.39 is 0 Å². The molecule has 0 radical (unpaired) electrons. The van der Waals surface area contributed by atoms with Crippen molar-refractivity contribution in [1.82, 2.24) is 0 Å². The third-order valence-electron chi connectivity index (χ3n) is 2.57. The van der Waals surface area contributed by atoms with E-state index in [9.17, 15) is 5.11 Å². The maximum absolute atomic E-state index is 9.46. The van der Waals surface area contributed by atoms with Crippen LogP contribution in [0.4, 0.5) is 0 Å². The van der Waals surface area contributed by atoms with Crippen molar-refractivity contribution in [2.75, 3.05) is 13.2 Å². The van der Waals surface area contributed by atoms with Gasteiger partial charge in [0, 0.05) is 17.0 Å². The molecule has 96 valence electrons. The Morgan fingerprint density at radius 2 is 1.94 bits per heavy atom. The molecule has 17 heavy (non-hydrogen) atoms. The van der Waals surface area contributed by atoms with E-state index in [0.717, 1.165) is 16.5 Å². The van der Waals surface area contributed by atoms with Crippen molar-refractivity contribution in [3.05, 3.63) is 34.3 Å². The molecule has 0 aliphatic carbocycles. The first-order valence-corrected chi connectivity index (χ1v) is 6.72. The van der Waals surface area contributed by atoms with Crippen LogP contribution in [-0.2, 0) is 4.74 Å². The van der Waals surface area contributed by atoms with Gasteiger partial charge in [-0.05, 0) is 38.8 Å². The zero-order valence-corrected chi connectivity index (χ0v) is 12.3. The van der Waals surface area contributed by atoms with Crippen molar-refractivity contribution in [3.63, 3.8) is 0 Å². The Morgan fingerprint density at radius 1 is 1.29 bits per heavy atom. The van der Waals surface area contributed by atoms with E-state index in [4.69, 9.17) is 4.74 Å². The Labute approximate surface area is 112 Å². The van der Waals surface area contributed by atoms with Gasteiger partial charge in [0.1, 0.15) is 0 Å². The fourth-order valence-electron chi connectivity index (χ4n) is 1.66. The first-order valence-electron chi connectivity index (χ1n) is 5.93. The summed E-state index contributed by atoms with van der Waals surface area (Å²) in [7, 11) is 0. The average Bonchev–Trinajstić information content (AvgIpc) is 2.24. The highest BCUT2D eigenvalue weighted by Gasteiger charge is 2.15. The molecule has 0 heterocycles. The summed E-state index contributed by atoms with van der Waals surface area (Å²) in [5.41, 5.74) is 1.03. The minimum Gasteiger partial charge on any atom is -0.396 e. The summed E-state index contributed by atoms with van der Waals surface area (Å²) in [6.45, 7) is 6.93. The Kier molecular flexibility index (Phi) is 5.63. The Bertz CT molecular complexity index is 344. The Balaban J connectivity index is 2.58. The molecule has 1 aromatic rings. The second kappa shape index (κ2) is 6.53. The lowest BCUT2D eigenvalue weighted by Gasteiger charge is -2.22. The van der Waals surface area contributed by atoms with Crippen molar-refractivity contribution < 1.29 is 9.84 Å². The van der Waals surface area contributed by atoms with Crippen LogP contribution in [0.5, 0.6) is 0 Å². The average molecular weight is 301 g/mol. The van der Waals surface area contributed by atoms with Gasteiger partial charge in [-0.2, -0.15) is 0 Å². The van der Waals surface area contributed by atoms with Crippen molar-refractivity contribution in [3.8, 4) is 0 Å². The fourth-order valence-corrected chi connectivity index (χ4v) is 2.27. The largest absolute Gasteiger partial charge is 0.396 e. The molecule has 1 rings (SSSR count). The number of benzene rings is 1. The summed E-state index contributed by atoms with van der Waals surface area (Å²) in [5.74, 6) is 0.132. The van der Waals surface area contributed by atoms with Gasteiger partial charge in [0.25, 0.3) is 0 Å². The van der Waals surface area contributed by atoms with Crippen molar-refractivity contribution in [1.29, 1.82) is 0 Å². The van der Waals surface area contributed by atoms with E-state index in [2.05, 4.69) is 15.9 Å². The molecule has 1 N–H and O–H groups in total. The first-order chi connectivity index (χ1) is 7.94. The maximum Gasteiger partial charge on any atom is 0.0598 e. The lowest BCUT2D eigenvalue weighted by atomic mass is 9.97. The zero-order valence-electron chi connectivity index (χ0n) is 10.7. The molecular formula is C14H21BrO2. The number of hydrogen-bond donors (Lipinski definition) is 1. The molecule has 0 aromatic heterocycles. The van der Waals surface area contributed by atoms with Gasteiger partial charge in [-0.3, -0.25) is 0 Å². The highest BCUT2D eigenvalue weighted by atomic mass is 79.9. The summed E-state index contributed by atoms with van der Waals surface area (Å²) >= 11 is 3.52. The number of ether oxygens (including phenoxy) is 1. The topological polar surface area (TPSA) is 29.5 Å². The predicted molar refractivity (Wildman–Crippen MR) is 74.3 cm³/mol. The standard InChI is InChI=1S/C14H21BrO2/c1-14(2,3)17-9-8-11(10-16)12-6-4-5-7-13(12)15/h4-7,11,16H,8-10H2,1-3H3. The van der Waals surface area contributed by atoms with Crippen LogP contribution >= 0.6 is 15.9 Å². The summed E-state index contributed by atoms with van der Waals surface area (Å²) in [4.78, 5) is 0. The van der Waals surface area contributed by atoms with Gasteiger partial charge in [0.15, 0.2) is 0 Å². The summed E-state index contributed by atoms with van der Waals surface area (Å²) in [6.07, 6.45) is 0.830. The zero-order chi connectivity index (χ0) is 12.9. The van der Waals surface area contributed by atoms with E-state index in [0.29, 0.717) is 6.61 Å². The molecule has 0 aliphatic rings.